The highest BCUT2D eigenvalue weighted by Crippen LogP contribution is 2.37. The fourth-order valence-corrected chi connectivity index (χ4v) is 4.50. The summed E-state index contributed by atoms with van der Waals surface area (Å²) in [6.45, 7) is 5.47. The van der Waals surface area contributed by atoms with Gasteiger partial charge in [-0.15, -0.1) is 11.8 Å². The molecule has 2 bridgehead atoms. The van der Waals surface area contributed by atoms with E-state index < -0.39 is 0 Å². The van der Waals surface area contributed by atoms with Crippen LogP contribution in [0, 0.1) is 11.8 Å². The quantitative estimate of drug-likeness (QED) is 0.848. The van der Waals surface area contributed by atoms with E-state index in [1.165, 1.54) is 44.1 Å². The number of carbonyl (C=O) groups is 1. The van der Waals surface area contributed by atoms with Crippen molar-refractivity contribution in [3.05, 3.63) is 23.9 Å². The van der Waals surface area contributed by atoms with Gasteiger partial charge in [-0.25, -0.2) is 4.98 Å². The molecule has 3 saturated heterocycles. The maximum absolute atomic E-state index is 12.4. The average molecular weight is 319 g/mol. The van der Waals surface area contributed by atoms with Crippen molar-refractivity contribution < 1.29 is 4.79 Å². The Bertz CT molecular complexity index is 536. The van der Waals surface area contributed by atoms with Gasteiger partial charge in [0.15, 0.2) is 0 Å². The lowest BCUT2D eigenvalue weighted by atomic mass is 9.74. The maximum atomic E-state index is 12.4. The van der Waals surface area contributed by atoms with Gasteiger partial charge in [-0.2, -0.15) is 0 Å². The van der Waals surface area contributed by atoms with Crippen molar-refractivity contribution in [2.24, 2.45) is 11.8 Å². The molecule has 5 heteroatoms. The van der Waals surface area contributed by atoms with Gasteiger partial charge in [0.1, 0.15) is 5.03 Å². The molecule has 0 saturated carbocycles. The van der Waals surface area contributed by atoms with Crippen molar-refractivity contribution in [3.8, 4) is 0 Å². The highest BCUT2D eigenvalue weighted by Gasteiger charge is 2.39. The Balaban J connectivity index is 1.58. The average Bonchev–Trinajstić information content (AvgIpc) is 2.59. The number of hydrogen-bond acceptors (Lipinski definition) is 4. The molecule has 0 aliphatic carbocycles. The second-order valence-electron chi connectivity index (χ2n) is 6.37. The van der Waals surface area contributed by atoms with Crippen molar-refractivity contribution in [2.45, 2.75) is 37.3 Å². The molecule has 1 aromatic rings. The second kappa shape index (κ2) is 7.01. The molecule has 1 N–H and O–H groups in total. The molecular weight excluding hydrogens is 294 g/mol. The van der Waals surface area contributed by atoms with Crippen LogP contribution < -0.4 is 5.32 Å². The van der Waals surface area contributed by atoms with Gasteiger partial charge in [0, 0.05) is 25.3 Å². The van der Waals surface area contributed by atoms with Crippen LogP contribution in [0.3, 0.4) is 0 Å². The van der Waals surface area contributed by atoms with E-state index >= 15 is 0 Å². The lowest BCUT2D eigenvalue weighted by molar-refractivity contribution is 0.000712. The molecule has 1 aromatic heterocycles. The van der Waals surface area contributed by atoms with Crippen molar-refractivity contribution >= 4 is 17.7 Å². The standard InChI is InChI=1S/C17H25N3OS/c1-3-12-11-20-8-6-13(12)9-14(20)10-19-16(21)15-5-4-7-18-17(15)22-2/h4-5,7,12-14H,3,6,8-11H2,1-2H3,(H,19,21). The predicted octanol–water partition coefficient (Wildman–Crippen LogP) is 2.65. The van der Waals surface area contributed by atoms with E-state index in [0.717, 1.165) is 23.4 Å². The highest BCUT2D eigenvalue weighted by molar-refractivity contribution is 7.98. The summed E-state index contributed by atoms with van der Waals surface area (Å²) >= 11 is 1.52. The summed E-state index contributed by atoms with van der Waals surface area (Å²) in [4.78, 5) is 19.3. The van der Waals surface area contributed by atoms with Crippen LogP contribution >= 0.6 is 11.8 Å². The molecule has 3 fully saturated rings. The number of hydrogen-bond donors (Lipinski definition) is 1. The number of thioether (sulfide) groups is 1. The molecule has 4 atom stereocenters. The lowest BCUT2D eigenvalue weighted by Crippen LogP contribution is -2.56. The van der Waals surface area contributed by atoms with Crippen molar-refractivity contribution in [1.82, 2.24) is 15.2 Å². The molecule has 3 aliphatic heterocycles. The van der Waals surface area contributed by atoms with E-state index in [0.29, 0.717) is 11.6 Å². The molecule has 0 aromatic carbocycles. The SMILES string of the molecule is CCC1CN2CCC1CC2CNC(=O)c1cccnc1SC. The third-order valence-electron chi connectivity index (χ3n) is 5.25. The van der Waals surface area contributed by atoms with Gasteiger partial charge in [-0.1, -0.05) is 13.3 Å². The molecule has 22 heavy (non-hydrogen) atoms. The molecule has 0 radical (unpaired) electrons. The Labute approximate surface area is 137 Å². The van der Waals surface area contributed by atoms with Gasteiger partial charge in [0.2, 0.25) is 0 Å². The van der Waals surface area contributed by atoms with Crippen LogP contribution in [0.15, 0.2) is 23.4 Å². The summed E-state index contributed by atoms with van der Waals surface area (Å²) in [5.74, 6) is 1.73. The monoisotopic (exact) mass is 319 g/mol. The van der Waals surface area contributed by atoms with E-state index in [-0.39, 0.29) is 5.91 Å². The normalized spacial score (nSPS) is 30.3. The number of rotatable bonds is 5. The second-order valence-corrected chi connectivity index (χ2v) is 7.17. The summed E-state index contributed by atoms with van der Waals surface area (Å²) in [6, 6.07) is 4.20. The molecule has 4 rings (SSSR count). The molecular formula is C17H25N3OS. The number of nitrogens with zero attached hydrogens (tertiary/aromatic N) is 2. The number of carbonyl (C=O) groups excluding carboxylic acids is 1. The minimum atomic E-state index is 0.00661. The molecule has 1 amide bonds. The zero-order valence-corrected chi connectivity index (χ0v) is 14.2. The molecule has 4 nitrogen and oxygen atoms in total. The molecule has 4 unspecified atom stereocenters. The Morgan fingerprint density at radius 2 is 2.41 bits per heavy atom. The fraction of sp³-hybridized carbons (Fsp3) is 0.647. The lowest BCUT2D eigenvalue weighted by Gasteiger charge is -2.50. The van der Waals surface area contributed by atoms with E-state index in [2.05, 4.69) is 22.1 Å². The van der Waals surface area contributed by atoms with Crippen LogP contribution in [0.4, 0.5) is 0 Å². The summed E-state index contributed by atoms with van der Waals surface area (Å²) in [5, 5.41) is 3.93. The smallest absolute Gasteiger partial charge is 0.254 e. The predicted molar refractivity (Wildman–Crippen MR) is 90.2 cm³/mol. The zero-order chi connectivity index (χ0) is 15.5. The number of pyridine rings is 1. The zero-order valence-electron chi connectivity index (χ0n) is 13.4. The van der Waals surface area contributed by atoms with E-state index in [1.807, 2.05) is 18.4 Å². The number of piperidine rings is 3. The van der Waals surface area contributed by atoms with Crippen LogP contribution in [-0.4, -0.2) is 47.7 Å². The van der Waals surface area contributed by atoms with E-state index in [1.54, 1.807) is 6.20 Å². The summed E-state index contributed by atoms with van der Waals surface area (Å²) in [5.41, 5.74) is 0.692. The first-order chi connectivity index (χ1) is 10.7. The first kappa shape index (κ1) is 15.8. The Hall–Kier alpha value is -1.07. The summed E-state index contributed by atoms with van der Waals surface area (Å²) in [6.07, 6.45) is 7.55. The third kappa shape index (κ3) is 3.15. The molecule has 0 spiro atoms. The van der Waals surface area contributed by atoms with Crippen LogP contribution in [0.1, 0.15) is 36.5 Å². The minimum absolute atomic E-state index is 0.00661. The Morgan fingerprint density at radius 1 is 1.55 bits per heavy atom. The van der Waals surface area contributed by atoms with Crippen LogP contribution in [-0.2, 0) is 0 Å². The first-order valence-electron chi connectivity index (χ1n) is 8.24. The van der Waals surface area contributed by atoms with Gasteiger partial charge in [0.05, 0.1) is 5.56 Å². The molecule has 120 valence electrons. The number of nitrogens with one attached hydrogen (secondary N) is 1. The minimum Gasteiger partial charge on any atom is -0.350 e. The summed E-state index contributed by atoms with van der Waals surface area (Å²) in [7, 11) is 0. The number of amides is 1. The summed E-state index contributed by atoms with van der Waals surface area (Å²) < 4.78 is 0. The van der Waals surface area contributed by atoms with E-state index in [9.17, 15) is 4.79 Å². The highest BCUT2D eigenvalue weighted by atomic mass is 32.2. The van der Waals surface area contributed by atoms with Gasteiger partial charge >= 0.3 is 0 Å². The number of aromatic nitrogens is 1. The topological polar surface area (TPSA) is 45.2 Å². The number of fused-ring (bicyclic) bond motifs is 3. The molecule has 3 aliphatic rings. The first-order valence-corrected chi connectivity index (χ1v) is 9.46. The van der Waals surface area contributed by atoms with Crippen molar-refractivity contribution in [2.75, 3.05) is 25.9 Å². The maximum Gasteiger partial charge on any atom is 0.254 e. The largest absolute Gasteiger partial charge is 0.350 e. The van der Waals surface area contributed by atoms with Crippen molar-refractivity contribution in [1.29, 1.82) is 0 Å². The van der Waals surface area contributed by atoms with Gasteiger partial charge < -0.3 is 5.32 Å². The Kier molecular flexibility index (Phi) is 5.03. The van der Waals surface area contributed by atoms with E-state index in [4.69, 9.17) is 0 Å². The van der Waals surface area contributed by atoms with Crippen molar-refractivity contribution in [3.63, 3.8) is 0 Å². The van der Waals surface area contributed by atoms with Crippen LogP contribution in [0.25, 0.3) is 0 Å². The van der Waals surface area contributed by atoms with Crippen LogP contribution in [0.2, 0.25) is 0 Å². The third-order valence-corrected chi connectivity index (χ3v) is 5.96. The van der Waals surface area contributed by atoms with Gasteiger partial charge in [-0.3, -0.25) is 9.69 Å². The molecule has 4 heterocycles. The Morgan fingerprint density at radius 3 is 3.09 bits per heavy atom. The fourth-order valence-electron chi connectivity index (χ4n) is 3.96. The van der Waals surface area contributed by atoms with Gasteiger partial charge in [-0.05, 0) is 49.6 Å². The van der Waals surface area contributed by atoms with Crippen LogP contribution in [0.5, 0.6) is 0 Å². The van der Waals surface area contributed by atoms with Gasteiger partial charge in [0.25, 0.3) is 5.91 Å².